The Morgan fingerprint density at radius 2 is 1.97 bits per heavy atom. The Balaban J connectivity index is 1.41. The number of nitrogens with zero attached hydrogens (tertiary/aromatic N) is 2. The fraction of sp³-hybridized carbons (Fsp3) is 0.304. The van der Waals surface area contributed by atoms with Crippen LogP contribution in [-0.2, 0) is 16.0 Å². The van der Waals surface area contributed by atoms with E-state index in [9.17, 15) is 9.59 Å². The lowest BCUT2D eigenvalue weighted by molar-refractivity contribution is -0.122. The van der Waals surface area contributed by atoms with Gasteiger partial charge in [0.2, 0.25) is 11.8 Å². The molecule has 0 bridgehead atoms. The molecular formula is C23H24N4O2S. The number of fused-ring (bicyclic) bond motifs is 1. The predicted molar refractivity (Wildman–Crippen MR) is 122 cm³/mol. The van der Waals surface area contributed by atoms with Gasteiger partial charge in [-0.05, 0) is 55.9 Å². The van der Waals surface area contributed by atoms with Gasteiger partial charge >= 0.3 is 0 Å². The van der Waals surface area contributed by atoms with Crippen molar-refractivity contribution in [1.29, 1.82) is 0 Å². The molecule has 2 aromatic rings. The van der Waals surface area contributed by atoms with Gasteiger partial charge in [0.15, 0.2) is 5.17 Å². The van der Waals surface area contributed by atoms with E-state index in [1.165, 1.54) is 17.3 Å². The van der Waals surface area contributed by atoms with Crippen LogP contribution >= 0.6 is 11.8 Å². The standard InChI is InChI=1S/C23H24N4O2S/c1-14-7-5-11-18(15(14)2)24-21(28)13-20-22(29)25-23(30-20)27-26-19-12-6-9-16-8-3-4-10-17(16)19/h3-5,7-8,10-11,20H,6,9,12-13H2,1-2H3,(H,24,28)(H,25,27,29)/b26-19-/t20-/m0/s1. The van der Waals surface area contributed by atoms with Gasteiger partial charge < -0.3 is 10.6 Å². The van der Waals surface area contributed by atoms with Crippen LogP contribution in [-0.4, -0.2) is 27.9 Å². The molecule has 0 aromatic heterocycles. The first-order chi connectivity index (χ1) is 14.5. The van der Waals surface area contributed by atoms with Crippen LogP contribution < -0.4 is 10.6 Å². The molecule has 2 aromatic carbocycles. The molecule has 1 saturated heterocycles. The minimum Gasteiger partial charge on any atom is -0.326 e. The highest BCUT2D eigenvalue weighted by atomic mass is 32.2. The van der Waals surface area contributed by atoms with Gasteiger partial charge in [-0.1, -0.05) is 48.2 Å². The first-order valence-electron chi connectivity index (χ1n) is 10.1. The monoisotopic (exact) mass is 420 g/mol. The summed E-state index contributed by atoms with van der Waals surface area (Å²) in [5, 5.41) is 14.3. The minimum absolute atomic E-state index is 0.0856. The third-order valence-electron chi connectivity index (χ3n) is 5.48. The number of carbonyl (C=O) groups is 2. The van der Waals surface area contributed by atoms with Crippen molar-refractivity contribution < 1.29 is 9.59 Å². The predicted octanol–water partition coefficient (Wildman–Crippen LogP) is 3.96. The molecule has 0 spiro atoms. The molecule has 2 aliphatic rings. The molecule has 7 heteroatoms. The lowest BCUT2D eigenvalue weighted by Crippen LogP contribution is -2.28. The topological polar surface area (TPSA) is 82.9 Å². The van der Waals surface area contributed by atoms with Gasteiger partial charge in [-0.2, -0.15) is 5.10 Å². The Morgan fingerprint density at radius 3 is 2.83 bits per heavy atom. The summed E-state index contributed by atoms with van der Waals surface area (Å²) in [6.07, 6.45) is 3.05. The maximum Gasteiger partial charge on any atom is 0.240 e. The summed E-state index contributed by atoms with van der Waals surface area (Å²) in [5.41, 5.74) is 6.27. The molecular weight excluding hydrogens is 396 g/mol. The first-order valence-corrected chi connectivity index (χ1v) is 11.0. The van der Waals surface area contributed by atoms with Gasteiger partial charge in [0.25, 0.3) is 0 Å². The van der Waals surface area contributed by atoms with E-state index < -0.39 is 5.25 Å². The maximum absolute atomic E-state index is 12.5. The van der Waals surface area contributed by atoms with Crippen LogP contribution in [0.25, 0.3) is 0 Å². The van der Waals surface area contributed by atoms with Crippen LogP contribution in [0, 0.1) is 13.8 Å². The van der Waals surface area contributed by atoms with Gasteiger partial charge in [0.1, 0.15) is 5.25 Å². The maximum atomic E-state index is 12.5. The van der Waals surface area contributed by atoms with E-state index >= 15 is 0 Å². The van der Waals surface area contributed by atoms with Crippen LogP contribution in [0.3, 0.4) is 0 Å². The molecule has 154 valence electrons. The van der Waals surface area contributed by atoms with Crippen molar-refractivity contribution in [2.45, 2.75) is 44.8 Å². The average Bonchev–Trinajstić information content (AvgIpc) is 3.09. The average molecular weight is 421 g/mol. The van der Waals surface area contributed by atoms with Crippen molar-refractivity contribution in [2.75, 3.05) is 5.32 Å². The highest BCUT2D eigenvalue weighted by Gasteiger charge is 2.32. The molecule has 2 N–H and O–H groups in total. The number of benzene rings is 2. The molecule has 1 heterocycles. The molecule has 0 unspecified atom stereocenters. The van der Waals surface area contributed by atoms with Crippen molar-refractivity contribution in [3.8, 4) is 0 Å². The van der Waals surface area contributed by atoms with Crippen LogP contribution in [0.1, 0.15) is 41.5 Å². The van der Waals surface area contributed by atoms with Crippen molar-refractivity contribution in [2.24, 2.45) is 10.2 Å². The Labute approximate surface area is 180 Å². The number of thioether (sulfide) groups is 1. The minimum atomic E-state index is -0.507. The van der Waals surface area contributed by atoms with Crippen molar-refractivity contribution >= 4 is 40.1 Å². The number of rotatable bonds is 4. The van der Waals surface area contributed by atoms with E-state index in [0.29, 0.717) is 5.17 Å². The fourth-order valence-electron chi connectivity index (χ4n) is 3.65. The molecule has 1 fully saturated rings. The van der Waals surface area contributed by atoms with E-state index in [1.54, 1.807) is 0 Å². The number of carbonyl (C=O) groups excluding carboxylic acids is 2. The smallest absolute Gasteiger partial charge is 0.240 e. The van der Waals surface area contributed by atoms with E-state index in [4.69, 9.17) is 0 Å². The third kappa shape index (κ3) is 4.46. The zero-order chi connectivity index (χ0) is 21.1. The van der Waals surface area contributed by atoms with Crippen molar-refractivity contribution in [3.05, 3.63) is 64.7 Å². The van der Waals surface area contributed by atoms with Crippen LogP contribution in [0.5, 0.6) is 0 Å². The molecule has 1 aliphatic carbocycles. The normalized spacial score (nSPS) is 20.9. The number of aryl methyl sites for hydroxylation is 2. The van der Waals surface area contributed by atoms with E-state index in [0.717, 1.165) is 47.4 Å². The number of anilines is 1. The first kappa shape index (κ1) is 20.3. The second-order valence-corrected chi connectivity index (χ2v) is 8.75. The summed E-state index contributed by atoms with van der Waals surface area (Å²) < 4.78 is 0. The molecule has 30 heavy (non-hydrogen) atoms. The summed E-state index contributed by atoms with van der Waals surface area (Å²) in [5.74, 6) is -0.399. The fourth-order valence-corrected chi connectivity index (χ4v) is 4.57. The largest absolute Gasteiger partial charge is 0.326 e. The van der Waals surface area contributed by atoms with E-state index in [-0.39, 0.29) is 18.2 Å². The van der Waals surface area contributed by atoms with E-state index in [1.807, 2.05) is 44.2 Å². The second-order valence-electron chi connectivity index (χ2n) is 7.56. The van der Waals surface area contributed by atoms with Crippen LogP contribution in [0.15, 0.2) is 52.7 Å². The quantitative estimate of drug-likeness (QED) is 0.735. The number of hydrogen-bond acceptors (Lipinski definition) is 5. The summed E-state index contributed by atoms with van der Waals surface area (Å²) in [7, 11) is 0. The Bertz CT molecular complexity index is 1060. The lowest BCUT2D eigenvalue weighted by atomic mass is 9.90. The van der Waals surface area contributed by atoms with Crippen LogP contribution in [0.4, 0.5) is 5.69 Å². The van der Waals surface area contributed by atoms with Gasteiger partial charge in [0, 0.05) is 17.7 Å². The number of nitrogens with one attached hydrogen (secondary N) is 2. The zero-order valence-corrected chi connectivity index (χ0v) is 17.9. The molecule has 1 aliphatic heterocycles. The second kappa shape index (κ2) is 8.83. The number of amides is 2. The number of hydrogen-bond donors (Lipinski definition) is 2. The number of amidine groups is 1. The van der Waals surface area contributed by atoms with E-state index in [2.05, 4.69) is 33.0 Å². The summed E-state index contributed by atoms with van der Waals surface area (Å²) >= 11 is 1.26. The summed E-state index contributed by atoms with van der Waals surface area (Å²) in [6, 6.07) is 14.0. The highest BCUT2D eigenvalue weighted by molar-refractivity contribution is 8.15. The Kier molecular flexibility index (Phi) is 5.99. The van der Waals surface area contributed by atoms with Gasteiger partial charge in [-0.25, -0.2) is 0 Å². The van der Waals surface area contributed by atoms with Gasteiger partial charge in [-0.3, -0.25) is 9.59 Å². The molecule has 0 saturated carbocycles. The SMILES string of the molecule is Cc1cccc(NC(=O)C[C@@H]2S/C(=N\N=C3\CCCc4ccccc43)NC2=O)c1C. The van der Waals surface area contributed by atoms with Gasteiger partial charge in [0.05, 0.1) is 5.71 Å². The van der Waals surface area contributed by atoms with Crippen molar-refractivity contribution in [3.63, 3.8) is 0 Å². The third-order valence-corrected chi connectivity index (χ3v) is 6.55. The highest BCUT2D eigenvalue weighted by Crippen LogP contribution is 2.25. The molecule has 2 amide bonds. The molecule has 1 atom stereocenters. The summed E-state index contributed by atoms with van der Waals surface area (Å²) in [6.45, 7) is 3.97. The molecule has 0 radical (unpaired) electrons. The Hall–Kier alpha value is -2.93. The lowest BCUT2D eigenvalue weighted by Gasteiger charge is -2.16. The van der Waals surface area contributed by atoms with Gasteiger partial charge in [-0.15, -0.1) is 5.10 Å². The zero-order valence-electron chi connectivity index (χ0n) is 17.1. The molecule has 4 rings (SSSR count). The summed E-state index contributed by atoms with van der Waals surface area (Å²) in [4.78, 5) is 24.8. The molecule has 6 nitrogen and oxygen atoms in total. The van der Waals surface area contributed by atoms with Crippen LogP contribution in [0.2, 0.25) is 0 Å². The van der Waals surface area contributed by atoms with Crippen molar-refractivity contribution in [1.82, 2.24) is 5.32 Å². The Morgan fingerprint density at radius 1 is 1.13 bits per heavy atom.